The van der Waals surface area contributed by atoms with Crippen LogP contribution in [-0.4, -0.2) is 44.6 Å². The van der Waals surface area contributed by atoms with Crippen LogP contribution < -0.4 is 0 Å². The number of carboxylic acids is 1. The molecule has 0 aromatic heterocycles. The number of esters is 1. The molecule has 1 aliphatic heterocycles. The van der Waals surface area contributed by atoms with Crippen molar-refractivity contribution in [3.8, 4) is 0 Å². The Kier molecular flexibility index (Phi) is 2.61. The number of aliphatic hydroxyl groups is 2. The molecule has 6 heteroatoms. The van der Waals surface area contributed by atoms with E-state index in [1.165, 1.54) is 0 Å². The zero-order valence-electron chi connectivity index (χ0n) is 14.3. The Morgan fingerprint density at radius 3 is 2.76 bits per heavy atom. The first kappa shape index (κ1) is 15.8. The van der Waals surface area contributed by atoms with Gasteiger partial charge in [0.2, 0.25) is 0 Å². The number of hydrogen-bond donors (Lipinski definition) is 3. The molecule has 8 atom stereocenters. The summed E-state index contributed by atoms with van der Waals surface area (Å²) in [6, 6.07) is 0. The number of aliphatic carboxylic acids is 1. The normalized spacial score (nSPS) is 58.7. The average molecular weight is 348 g/mol. The predicted molar refractivity (Wildman–Crippen MR) is 85.3 cm³/mol. The van der Waals surface area contributed by atoms with E-state index >= 15 is 0 Å². The smallest absolute Gasteiger partial charge is 0.312 e. The van der Waals surface area contributed by atoms with Crippen LogP contribution in [0.2, 0.25) is 0 Å². The standard InChI is InChI=1S/C19H24O6/c1-9-5-17-8-18(9,24)4-3-11(17)19-7-10(20)6-16(2,15(23)25-19)13(19)12(17)14(21)22/h10-13,20,24H,1,3-8H2,2H3,(H,21,22)/t10-,11-,12-,13-,16+,17+,18+,19-/m1/s1. The molecule has 0 amide bonds. The van der Waals surface area contributed by atoms with Crippen LogP contribution in [0.4, 0.5) is 0 Å². The van der Waals surface area contributed by atoms with Gasteiger partial charge in [0.05, 0.1) is 23.0 Å². The zero-order chi connectivity index (χ0) is 18.0. The number of rotatable bonds is 1. The molecule has 5 fully saturated rings. The van der Waals surface area contributed by atoms with Crippen LogP contribution >= 0.6 is 0 Å². The summed E-state index contributed by atoms with van der Waals surface area (Å²) in [4.78, 5) is 25.1. The van der Waals surface area contributed by atoms with Gasteiger partial charge in [-0.3, -0.25) is 9.59 Å². The maximum Gasteiger partial charge on any atom is 0.312 e. The minimum absolute atomic E-state index is 0.147. The summed E-state index contributed by atoms with van der Waals surface area (Å²) in [6.07, 6.45) is 1.85. The second-order valence-electron chi connectivity index (χ2n) is 9.43. The average Bonchev–Trinajstić information content (AvgIpc) is 2.88. The molecule has 0 unspecified atom stereocenters. The Labute approximate surface area is 145 Å². The molecule has 3 N–H and O–H groups in total. The summed E-state index contributed by atoms with van der Waals surface area (Å²) in [5, 5.41) is 31.6. The minimum atomic E-state index is -1.00. The molecule has 0 radical (unpaired) electrons. The van der Waals surface area contributed by atoms with E-state index in [-0.39, 0.29) is 18.3 Å². The van der Waals surface area contributed by atoms with Crippen molar-refractivity contribution in [1.82, 2.24) is 0 Å². The summed E-state index contributed by atoms with van der Waals surface area (Å²) in [7, 11) is 0. The predicted octanol–water partition coefficient (Wildman–Crippen LogP) is 1.25. The van der Waals surface area contributed by atoms with E-state index in [1.807, 2.05) is 0 Å². The fourth-order valence-corrected chi connectivity index (χ4v) is 7.77. The van der Waals surface area contributed by atoms with E-state index in [1.54, 1.807) is 6.92 Å². The third kappa shape index (κ3) is 1.48. The van der Waals surface area contributed by atoms with Gasteiger partial charge in [0.1, 0.15) is 5.60 Å². The number of hydrogen-bond acceptors (Lipinski definition) is 5. The highest BCUT2D eigenvalue weighted by Crippen LogP contribution is 2.78. The van der Waals surface area contributed by atoms with Crippen molar-refractivity contribution < 1.29 is 29.6 Å². The van der Waals surface area contributed by atoms with Gasteiger partial charge in [-0.05, 0) is 50.0 Å². The second kappa shape index (κ2) is 4.12. The summed E-state index contributed by atoms with van der Waals surface area (Å²) in [5.41, 5.74) is -2.82. The molecule has 25 heavy (non-hydrogen) atoms. The highest BCUT2D eigenvalue weighted by atomic mass is 16.6. The largest absolute Gasteiger partial charge is 0.481 e. The van der Waals surface area contributed by atoms with E-state index in [9.17, 15) is 24.9 Å². The Bertz CT molecular complexity index is 731. The lowest BCUT2D eigenvalue weighted by atomic mass is 9.59. The van der Waals surface area contributed by atoms with Gasteiger partial charge < -0.3 is 20.1 Å². The van der Waals surface area contributed by atoms with Crippen LogP contribution in [0.25, 0.3) is 0 Å². The summed E-state index contributed by atoms with van der Waals surface area (Å²) in [5.74, 6) is -2.64. The molecule has 6 nitrogen and oxygen atoms in total. The maximum atomic E-state index is 12.7. The Balaban J connectivity index is 1.76. The third-order valence-corrected chi connectivity index (χ3v) is 8.35. The second-order valence-corrected chi connectivity index (χ2v) is 9.43. The van der Waals surface area contributed by atoms with E-state index in [0.29, 0.717) is 37.7 Å². The van der Waals surface area contributed by atoms with Crippen LogP contribution in [0.1, 0.15) is 45.4 Å². The highest BCUT2D eigenvalue weighted by Gasteiger charge is 2.83. The van der Waals surface area contributed by atoms with E-state index < -0.39 is 45.9 Å². The van der Waals surface area contributed by atoms with Gasteiger partial charge in [-0.1, -0.05) is 6.58 Å². The van der Waals surface area contributed by atoms with Crippen molar-refractivity contribution in [2.75, 3.05) is 0 Å². The van der Waals surface area contributed by atoms with Crippen molar-refractivity contribution in [2.24, 2.45) is 28.6 Å². The summed E-state index contributed by atoms with van der Waals surface area (Å²) >= 11 is 0. The Hall–Kier alpha value is -1.40. The number of carbonyl (C=O) groups excluding carboxylic acids is 1. The fraction of sp³-hybridized carbons (Fsp3) is 0.789. The minimum Gasteiger partial charge on any atom is -0.481 e. The van der Waals surface area contributed by atoms with Crippen molar-refractivity contribution in [3.63, 3.8) is 0 Å². The maximum absolute atomic E-state index is 12.7. The molecular formula is C19H24O6. The molecule has 4 bridgehead atoms. The van der Waals surface area contributed by atoms with E-state index in [4.69, 9.17) is 4.74 Å². The molecule has 4 aliphatic carbocycles. The summed E-state index contributed by atoms with van der Waals surface area (Å²) in [6.45, 7) is 5.80. The monoisotopic (exact) mass is 348 g/mol. The van der Waals surface area contributed by atoms with Crippen molar-refractivity contribution >= 4 is 11.9 Å². The van der Waals surface area contributed by atoms with Crippen molar-refractivity contribution in [3.05, 3.63) is 12.2 Å². The molecule has 136 valence electrons. The van der Waals surface area contributed by atoms with Crippen LogP contribution in [0.15, 0.2) is 12.2 Å². The van der Waals surface area contributed by atoms with Crippen molar-refractivity contribution in [1.29, 1.82) is 0 Å². The highest BCUT2D eigenvalue weighted by molar-refractivity contribution is 5.84. The first-order valence-corrected chi connectivity index (χ1v) is 9.14. The number of ether oxygens (including phenoxy) is 1. The fourth-order valence-electron chi connectivity index (χ4n) is 7.77. The van der Waals surface area contributed by atoms with Gasteiger partial charge in [0.15, 0.2) is 0 Å². The number of carbonyl (C=O) groups is 2. The van der Waals surface area contributed by atoms with Gasteiger partial charge in [0, 0.05) is 18.3 Å². The number of aliphatic hydroxyl groups excluding tert-OH is 1. The lowest BCUT2D eigenvalue weighted by molar-refractivity contribution is -0.163. The van der Waals surface area contributed by atoms with E-state index in [2.05, 4.69) is 6.58 Å². The summed E-state index contributed by atoms with van der Waals surface area (Å²) < 4.78 is 5.96. The quantitative estimate of drug-likeness (QED) is 0.487. The first-order chi connectivity index (χ1) is 11.6. The molecular weight excluding hydrogens is 324 g/mol. The van der Waals surface area contributed by atoms with Gasteiger partial charge in [0.25, 0.3) is 0 Å². The molecule has 4 saturated carbocycles. The Morgan fingerprint density at radius 2 is 2.08 bits per heavy atom. The van der Waals surface area contributed by atoms with Crippen LogP contribution in [0.5, 0.6) is 0 Å². The molecule has 0 aromatic rings. The van der Waals surface area contributed by atoms with Gasteiger partial charge >= 0.3 is 11.9 Å². The SMILES string of the molecule is C=C1C[C@]23C[C@@]1(O)CC[C@H]2[C@@]12C[C@H](O)C[C@](C)(C(=O)O1)[C@H]2[C@@H]3C(=O)O. The first-order valence-electron chi connectivity index (χ1n) is 9.14. The molecule has 1 spiro atoms. The lowest BCUT2D eigenvalue weighted by Gasteiger charge is -2.46. The molecule has 1 heterocycles. The van der Waals surface area contributed by atoms with E-state index in [0.717, 1.165) is 0 Å². The lowest BCUT2D eigenvalue weighted by Crippen LogP contribution is -2.51. The molecule has 0 aromatic carbocycles. The topological polar surface area (TPSA) is 104 Å². The Morgan fingerprint density at radius 1 is 1.36 bits per heavy atom. The van der Waals surface area contributed by atoms with Crippen LogP contribution in [0.3, 0.4) is 0 Å². The molecule has 1 saturated heterocycles. The number of carboxylic acid groups (broad SMARTS) is 1. The van der Waals surface area contributed by atoms with Crippen LogP contribution in [0, 0.1) is 28.6 Å². The van der Waals surface area contributed by atoms with Gasteiger partial charge in [-0.25, -0.2) is 0 Å². The van der Waals surface area contributed by atoms with Crippen LogP contribution in [-0.2, 0) is 14.3 Å². The third-order valence-electron chi connectivity index (χ3n) is 8.35. The number of fused-ring (bicyclic) bond motifs is 1. The zero-order valence-corrected chi connectivity index (χ0v) is 14.3. The molecule has 5 aliphatic rings. The van der Waals surface area contributed by atoms with Gasteiger partial charge in [-0.15, -0.1) is 0 Å². The molecule has 5 rings (SSSR count). The van der Waals surface area contributed by atoms with Gasteiger partial charge in [-0.2, -0.15) is 0 Å². The van der Waals surface area contributed by atoms with Crippen molar-refractivity contribution in [2.45, 2.75) is 62.8 Å².